The summed E-state index contributed by atoms with van der Waals surface area (Å²) in [6.07, 6.45) is 2.74. The molecule has 0 spiro atoms. The maximum absolute atomic E-state index is 12.2. The van der Waals surface area contributed by atoms with Crippen molar-refractivity contribution in [2.45, 2.75) is 130 Å². The van der Waals surface area contributed by atoms with Gasteiger partial charge in [-0.3, -0.25) is 0 Å². The monoisotopic (exact) mass is 522 g/mol. The van der Waals surface area contributed by atoms with Gasteiger partial charge < -0.3 is 9.47 Å². The summed E-state index contributed by atoms with van der Waals surface area (Å²) in [6.45, 7) is 27.8. The van der Waals surface area contributed by atoms with Crippen LogP contribution in [0.3, 0.4) is 0 Å². The molecule has 0 aliphatic heterocycles. The van der Waals surface area contributed by atoms with E-state index in [9.17, 15) is 4.79 Å². The molecule has 0 atom stereocenters. The second kappa shape index (κ2) is 12.3. The van der Waals surface area contributed by atoms with Gasteiger partial charge in [0, 0.05) is 0 Å². The Morgan fingerprint density at radius 3 is 1.00 bits per heavy atom. The summed E-state index contributed by atoms with van der Waals surface area (Å²) in [6, 6.07) is 13.9. The summed E-state index contributed by atoms with van der Waals surface area (Å²) in [7, 11) is 0. The van der Waals surface area contributed by atoms with Crippen LogP contribution in [-0.4, -0.2) is 19.4 Å². The van der Waals surface area contributed by atoms with Crippen LogP contribution >= 0.6 is 0 Å². The number of ether oxygens (including phenoxy) is 2. The Morgan fingerprint density at radius 2 is 0.763 bits per heavy atom. The van der Waals surface area contributed by atoms with E-state index in [4.69, 9.17) is 9.47 Å². The highest BCUT2D eigenvalue weighted by Crippen LogP contribution is 2.32. The summed E-state index contributed by atoms with van der Waals surface area (Å²) < 4.78 is 10.8. The Balaban J connectivity index is 1.84. The Bertz CT molecular complexity index is 916. The van der Waals surface area contributed by atoms with Crippen molar-refractivity contribution in [2.75, 3.05) is 13.2 Å². The molecule has 0 aromatic heterocycles. The molecule has 0 heterocycles. The summed E-state index contributed by atoms with van der Waals surface area (Å²) in [5, 5.41) is 0. The van der Waals surface area contributed by atoms with E-state index in [2.05, 4.69) is 119 Å². The van der Waals surface area contributed by atoms with Crippen LogP contribution in [0, 0.1) is 0 Å². The minimum atomic E-state index is -0.567. The highest BCUT2D eigenvalue weighted by molar-refractivity contribution is 5.59. The summed E-state index contributed by atoms with van der Waals surface area (Å²) in [4.78, 5) is 12.2. The van der Waals surface area contributed by atoms with E-state index in [1.165, 1.54) is 33.4 Å². The minimum absolute atomic E-state index is 0.0959. The van der Waals surface area contributed by atoms with Gasteiger partial charge in [-0.2, -0.15) is 0 Å². The Labute approximate surface area is 233 Å². The standard InChI is InChI=1S/C35H54O3/c1-32(2,3)27-19-25(20-28(23-27)33(4,5)6)15-13-17-37-31(36)38-18-14-16-26-21-29(34(7,8)9)24-30(22-26)35(10,11)12/h19-24H,13-18H2,1-12H3. The van der Waals surface area contributed by atoms with Crippen molar-refractivity contribution < 1.29 is 14.3 Å². The van der Waals surface area contributed by atoms with Gasteiger partial charge in [0.15, 0.2) is 0 Å². The summed E-state index contributed by atoms with van der Waals surface area (Å²) >= 11 is 0. The maximum atomic E-state index is 12.2. The number of carbonyl (C=O) groups is 1. The molecule has 0 aliphatic rings. The lowest BCUT2D eigenvalue weighted by molar-refractivity contribution is 0.0539. The highest BCUT2D eigenvalue weighted by atomic mass is 16.7. The molecule has 0 N–H and O–H groups in total. The molecule has 3 heteroatoms. The molecule has 0 radical (unpaired) electrons. The zero-order chi connectivity index (χ0) is 28.9. The van der Waals surface area contributed by atoms with Crippen LogP contribution in [0.2, 0.25) is 0 Å². The van der Waals surface area contributed by atoms with Gasteiger partial charge in [0.05, 0.1) is 13.2 Å². The van der Waals surface area contributed by atoms with E-state index in [1.807, 2.05) is 0 Å². The van der Waals surface area contributed by atoms with Gasteiger partial charge >= 0.3 is 6.16 Å². The average molecular weight is 523 g/mol. The van der Waals surface area contributed by atoms with E-state index in [-0.39, 0.29) is 21.7 Å². The molecule has 212 valence electrons. The number of aryl methyl sites for hydroxylation is 2. The SMILES string of the molecule is CC(C)(C)c1cc(CCCOC(=O)OCCCc2cc(C(C)(C)C)cc(C(C)(C)C)c2)cc(C(C)(C)C)c1. The quantitative estimate of drug-likeness (QED) is 0.256. The Kier molecular flexibility index (Phi) is 10.3. The number of hydrogen-bond donors (Lipinski definition) is 0. The second-order valence-electron chi connectivity index (χ2n) is 15.0. The lowest BCUT2D eigenvalue weighted by atomic mass is 9.79. The molecule has 0 saturated heterocycles. The molecule has 2 rings (SSSR count). The maximum Gasteiger partial charge on any atom is 0.508 e. The second-order valence-corrected chi connectivity index (χ2v) is 15.0. The van der Waals surface area contributed by atoms with Crippen molar-refractivity contribution in [3.8, 4) is 0 Å². The van der Waals surface area contributed by atoms with Gasteiger partial charge in [-0.05, 0) is 80.7 Å². The topological polar surface area (TPSA) is 35.5 Å². The normalized spacial score (nSPS) is 12.9. The molecule has 0 bridgehead atoms. The molecule has 0 fully saturated rings. The van der Waals surface area contributed by atoms with Crippen molar-refractivity contribution in [1.82, 2.24) is 0 Å². The van der Waals surface area contributed by atoms with Crippen LogP contribution in [-0.2, 0) is 44.0 Å². The van der Waals surface area contributed by atoms with Gasteiger partial charge in [-0.15, -0.1) is 0 Å². The molecule has 0 amide bonds. The molecule has 3 nitrogen and oxygen atoms in total. The highest BCUT2D eigenvalue weighted by Gasteiger charge is 2.22. The van der Waals surface area contributed by atoms with E-state index < -0.39 is 6.16 Å². The van der Waals surface area contributed by atoms with Crippen LogP contribution < -0.4 is 0 Å². The van der Waals surface area contributed by atoms with Crippen molar-refractivity contribution in [1.29, 1.82) is 0 Å². The zero-order valence-corrected chi connectivity index (χ0v) is 26.4. The molecule has 0 saturated carbocycles. The molecular weight excluding hydrogens is 468 g/mol. The summed E-state index contributed by atoms with van der Waals surface area (Å²) in [5.41, 5.74) is 8.38. The molecule has 2 aromatic carbocycles. The van der Waals surface area contributed by atoms with Gasteiger partial charge in [0.1, 0.15) is 0 Å². The third-order valence-corrected chi connectivity index (χ3v) is 7.11. The molecule has 38 heavy (non-hydrogen) atoms. The fourth-order valence-electron chi connectivity index (χ4n) is 4.31. The molecule has 2 aromatic rings. The van der Waals surface area contributed by atoms with Crippen LogP contribution in [0.1, 0.15) is 129 Å². The van der Waals surface area contributed by atoms with Crippen LogP contribution in [0.15, 0.2) is 36.4 Å². The van der Waals surface area contributed by atoms with Crippen molar-refractivity contribution >= 4 is 6.16 Å². The molecule has 0 aliphatic carbocycles. The summed E-state index contributed by atoms with van der Waals surface area (Å²) in [5.74, 6) is 0. The first-order valence-electron chi connectivity index (χ1n) is 14.4. The zero-order valence-electron chi connectivity index (χ0n) is 26.4. The predicted octanol–water partition coefficient (Wildman–Crippen LogP) is 9.60. The third-order valence-electron chi connectivity index (χ3n) is 7.11. The van der Waals surface area contributed by atoms with E-state index in [0.717, 1.165) is 25.7 Å². The van der Waals surface area contributed by atoms with Gasteiger partial charge in [0.2, 0.25) is 0 Å². The predicted molar refractivity (Wildman–Crippen MR) is 162 cm³/mol. The lowest BCUT2D eigenvalue weighted by Gasteiger charge is -2.26. The third kappa shape index (κ3) is 10.1. The van der Waals surface area contributed by atoms with Crippen molar-refractivity contribution in [3.63, 3.8) is 0 Å². The average Bonchev–Trinajstić information content (AvgIpc) is 2.77. The first kappa shape index (κ1) is 31.9. The van der Waals surface area contributed by atoms with Gasteiger partial charge in [0.25, 0.3) is 0 Å². The fraction of sp³-hybridized carbons (Fsp3) is 0.629. The van der Waals surface area contributed by atoms with E-state index in [1.54, 1.807) is 0 Å². The number of hydrogen-bond acceptors (Lipinski definition) is 3. The van der Waals surface area contributed by atoms with Crippen molar-refractivity contribution in [2.24, 2.45) is 0 Å². The Hall–Kier alpha value is -2.29. The van der Waals surface area contributed by atoms with Crippen LogP contribution in [0.25, 0.3) is 0 Å². The number of rotatable bonds is 8. The first-order valence-corrected chi connectivity index (χ1v) is 14.4. The molecule has 0 unspecified atom stereocenters. The van der Waals surface area contributed by atoms with Gasteiger partial charge in [-0.1, -0.05) is 119 Å². The molecular formula is C35H54O3. The lowest BCUT2D eigenvalue weighted by Crippen LogP contribution is -2.17. The van der Waals surface area contributed by atoms with E-state index >= 15 is 0 Å². The van der Waals surface area contributed by atoms with Gasteiger partial charge in [-0.25, -0.2) is 4.79 Å². The van der Waals surface area contributed by atoms with E-state index in [0.29, 0.717) is 13.2 Å². The van der Waals surface area contributed by atoms with Crippen molar-refractivity contribution in [3.05, 3.63) is 69.8 Å². The minimum Gasteiger partial charge on any atom is -0.434 e. The fourth-order valence-corrected chi connectivity index (χ4v) is 4.31. The number of benzene rings is 2. The largest absolute Gasteiger partial charge is 0.508 e. The number of carbonyl (C=O) groups excluding carboxylic acids is 1. The van der Waals surface area contributed by atoms with Crippen LogP contribution in [0.4, 0.5) is 4.79 Å². The Morgan fingerprint density at radius 1 is 0.500 bits per heavy atom. The van der Waals surface area contributed by atoms with Crippen LogP contribution in [0.5, 0.6) is 0 Å². The first-order chi connectivity index (χ1) is 17.3. The smallest absolute Gasteiger partial charge is 0.434 e.